The standard InChI is InChI=1S/C42H28Cl2N4O/c43-33-15-7-13-31(25-33)41-45-37(27-9-3-1-4-10-27)39(47-41)29-17-21-35(22-18-29)49-36-23-19-30(20-24-36)40-38(28-11-5-2-6-12-28)46-42(48-40)32-14-8-16-34(44)26-32/h1-26H,(H,45,47)(H,46,48). The number of benzene rings is 6. The van der Waals surface area contributed by atoms with E-state index in [0.29, 0.717) is 10.0 Å². The molecular formula is C42H28Cl2N4O. The average Bonchev–Trinajstić information content (AvgIpc) is 3.80. The lowest BCUT2D eigenvalue weighted by Crippen LogP contribution is -1.88. The average molecular weight is 676 g/mol. The smallest absolute Gasteiger partial charge is 0.138 e. The van der Waals surface area contributed by atoms with Gasteiger partial charge in [0, 0.05) is 43.4 Å². The Kier molecular flexibility index (Phi) is 8.28. The summed E-state index contributed by atoms with van der Waals surface area (Å²) >= 11 is 12.6. The summed E-state index contributed by atoms with van der Waals surface area (Å²) in [6.07, 6.45) is 0. The van der Waals surface area contributed by atoms with Crippen molar-refractivity contribution in [2.24, 2.45) is 0 Å². The van der Waals surface area contributed by atoms with E-state index in [1.165, 1.54) is 0 Å². The fraction of sp³-hybridized carbons (Fsp3) is 0. The summed E-state index contributed by atoms with van der Waals surface area (Å²) in [4.78, 5) is 17.1. The number of aromatic nitrogens is 4. The van der Waals surface area contributed by atoms with Gasteiger partial charge in [0.2, 0.25) is 0 Å². The monoisotopic (exact) mass is 674 g/mol. The third-order valence-corrected chi connectivity index (χ3v) is 8.69. The molecule has 7 heteroatoms. The van der Waals surface area contributed by atoms with Crippen molar-refractivity contribution < 1.29 is 4.74 Å². The molecule has 0 saturated carbocycles. The summed E-state index contributed by atoms with van der Waals surface area (Å²) in [5.74, 6) is 2.94. The van der Waals surface area contributed by atoms with Gasteiger partial charge in [-0.3, -0.25) is 0 Å². The Labute approximate surface area is 293 Å². The third kappa shape index (κ3) is 6.50. The topological polar surface area (TPSA) is 66.6 Å². The zero-order valence-electron chi connectivity index (χ0n) is 26.1. The number of ether oxygens (including phenoxy) is 1. The molecule has 0 spiro atoms. The minimum absolute atomic E-state index is 0.662. The fourth-order valence-electron chi connectivity index (χ4n) is 5.83. The van der Waals surface area contributed by atoms with Crippen LogP contribution in [0.15, 0.2) is 158 Å². The van der Waals surface area contributed by atoms with Crippen LogP contribution in [-0.4, -0.2) is 19.9 Å². The number of imidazole rings is 2. The summed E-state index contributed by atoms with van der Waals surface area (Å²) < 4.78 is 6.28. The minimum atomic E-state index is 0.662. The maximum atomic E-state index is 6.30. The molecule has 0 atom stereocenters. The van der Waals surface area contributed by atoms with Gasteiger partial charge in [0.25, 0.3) is 0 Å². The van der Waals surface area contributed by atoms with Crippen molar-refractivity contribution >= 4 is 23.2 Å². The van der Waals surface area contributed by atoms with Crippen LogP contribution in [0.5, 0.6) is 11.5 Å². The van der Waals surface area contributed by atoms with E-state index in [-0.39, 0.29) is 0 Å². The van der Waals surface area contributed by atoms with Gasteiger partial charge in [0.15, 0.2) is 0 Å². The molecule has 0 bridgehead atoms. The molecule has 0 aliphatic rings. The number of aromatic amines is 2. The predicted octanol–water partition coefficient (Wildman–Crippen LogP) is 12.2. The molecule has 8 rings (SSSR count). The molecule has 2 heterocycles. The van der Waals surface area contributed by atoms with E-state index < -0.39 is 0 Å². The van der Waals surface area contributed by atoms with Gasteiger partial charge >= 0.3 is 0 Å². The largest absolute Gasteiger partial charge is 0.457 e. The SMILES string of the molecule is Clc1cccc(-c2nc(-c3ccc(Oc4ccc(-c5nc(-c6cccc(Cl)c6)[nH]c5-c5ccccc5)cc4)cc3)c(-c3ccccc3)[nH]2)c1. The van der Waals surface area contributed by atoms with Gasteiger partial charge in [-0.1, -0.05) is 108 Å². The number of hydrogen-bond acceptors (Lipinski definition) is 3. The van der Waals surface area contributed by atoms with Gasteiger partial charge in [-0.15, -0.1) is 0 Å². The fourth-order valence-corrected chi connectivity index (χ4v) is 6.22. The summed E-state index contributed by atoms with van der Waals surface area (Å²) in [5.41, 5.74) is 9.44. The molecule has 2 N–H and O–H groups in total. The maximum Gasteiger partial charge on any atom is 0.138 e. The quantitative estimate of drug-likeness (QED) is 0.168. The Hall–Kier alpha value is -5.88. The molecule has 49 heavy (non-hydrogen) atoms. The lowest BCUT2D eigenvalue weighted by atomic mass is 10.0. The highest BCUT2D eigenvalue weighted by Gasteiger charge is 2.17. The Morgan fingerprint density at radius 2 is 0.776 bits per heavy atom. The molecule has 0 aliphatic carbocycles. The molecule has 0 unspecified atom stereocenters. The Balaban J connectivity index is 1.07. The number of H-pyrrole nitrogens is 2. The van der Waals surface area contributed by atoms with Crippen LogP contribution < -0.4 is 4.74 Å². The van der Waals surface area contributed by atoms with Crippen LogP contribution in [-0.2, 0) is 0 Å². The molecule has 0 fully saturated rings. The van der Waals surface area contributed by atoms with Crippen LogP contribution >= 0.6 is 23.2 Å². The van der Waals surface area contributed by atoms with Crippen molar-refractivity contribution in [3.05, 3.63) is 168 Å². The molecule has 0 radical (unpaired) electrons. The van der Waals surface area contributed by atoms with E-state index in [9.17, 15) is 0 Å². The highest BCUT2D eigenvalue weighted by molar-refractivity contribution is 6.31. The number of rotatable bonds is 8. The highest BCUT2D eigenvalue weighted by atomic mass is 35.5. The normalized spacial score (nSPS) is 11.1. The van der Waals surface area contributed by atoms with E-state index in [4.69, 9.17) is 37.9 Å². The zero-order chi connectivity index (χ0) is 33.2. The number of halogens is 2. The van der Waals surface area contributed by atoms with Crippen molar-refractivity contribution in [3.63, 3.8) is 0 Å². The first kappa shape index (κ1) is 30.5. The van der Waals surface area contributed by atoms with Crippen molar-refractivity contribution in [2.45, 2.75) is 0 Å². The van der Waals surface area contributed by atoms with Crippen LogP contribution in [0, 0.1) is 0 Å². The first-order valence-corrected chi connectivity index (χ1v) is 16.5. The van der Waals surface area contributed by atoms with Gasteiger partial charge in [0.1, 0.15) is 23.1 Å². The van der Waals surface area contributed by atoms with Gasteiger partial charge < -0.3 is 14.7 Å². The van der Waals surface area contributed by atoms with Gasteiger partial charge in [-0.05, 0) is 72.8 Å². The summed E-state index contributed by atoms with van der Waals surface area (Å²) in [6.45, 7) is 0. The molecular weight excluding hydrogens is 647 g/mol. The molecule has 8 aromatic rings. The van der Waals surface area contributed by atoms with Crippen LogP contribution in [0.2, 0.25) is 10.0 Å². The van der Waals surface area contributed by atoms with E-state index in [2.05, 4.69) is 34.2 Å². The van der Waals surface area contributed by atoms with E-state index >= 15 is 0 Å². The number of hydrogen-bond donors (Lipinski definition) is 2. The lowest BCUT2D eigenvalue weighted by molar-refractivity contribution is 0.483. The second-order valence-corrected chi connectivity index (χ2v) is 12.4. The molecule has 0 amide bonds. The first-order valence-electron chi connectivity index (χ1n) is 15.8. The molecule has 2 aromatic heterocycles. The summed E-state index contributed by atoms with van der Waals surface area (Å²) in [6, 6.07) is 51.7. The molecule has 5 nitrogen and oxygen atoms in total. The first-order chi connectivity index (χ1) is 24.1. The van der Waals surface area contributed by atoms with Gasteiger partial charge in [-0.2, -0.15) is 0 Å². The predicted molar refractivity (Wildman–Crippen MR) is 200 cm³/mol. The molecule has 0 aliphatic heterocycles. The summed E-state index contributed by atoms with van der Waals surface area (Å²) in [7, 11) is 0. The van der Waals surface area contributed by atoms with Crippen LogP contribution in [0.4, 0.5) is 0 Å². The van der Waals surface area contributed by atoms with Crippen LogP contribution in [0.1, 0.15) is 0 Å². The third-order valence-electron chi connectivity index (χ3n) is 8.22. The molecule has 236 valence electrons. The molecule has 0 saturated heterocycles. The van der Waals surface area contributed by atoms with Crippen molar-refractivity contribution in [1.29, 1.82) is 0 Å². The van der Waals surface area contributed by atoms with E-state index in [1.54, 1.807) is 0 Å². The van der Waals surface area contributed by atoms with Crippen LogP contribution in [0.3, 0.4) is 0 Å². The van der Waals surface area contributed by atoms with E-state index in [1.807, 2.05) is 133 Å². The van der Waals surface area contributed by atoms with E-state index in [0.717, 1.165) is 79.3 Å². The Morgan fingerprint density at radius 1 is 0.388 bits per heavy atom. The Morgan fingerprint density at radius 3 is 1.16 bits per heavy atom. The number of nitrogens with one attached hydrogen (secondary N) is 2. The highest BCUT2D eigenvalue weighted by Crippen LogP contribution is 2.37. The second kappa shape index (κ2) is 13.3. The van der Waals surface area contributed by atoms with Crippen molar-refractivity contribution in [2.75, 3.05) is 0 Å². The second-order valence-electron chi connectivity index (χ2n) is 11.5. The van der Waals surface area contributed by atoms with Gasteiger partial charge in [-0.25, -0.2) is 9.97 Å². The minimum Gasteiger partial charge on any atom is -0.457 e. The lowest BCUT2D eigenvalue weighted by Gasteiger charge is -2.09. The van der Waals surface area contributed by atoms with Crippen LogP contribution in [0.25, 0.3) is 67.8 Å². The van der Waals surface area contributed by atoms with Crippen molar-refractivity contribution in [3.8, 4) is 79.3 Å². The number of nitrogens with zero attached hydrogens (tertiary/aromatic N) is 2. The van der Waals surface area contributed by atoms with Crippen molar-refractivity contribution in [1.82, 2.24) is 19.9 Å². The zero-order valence-corrected chi connectivity index (χ0v) is 27.6. The maximum absolute atomic E-state index is 6.30. The summed E-state index contributed by atoms with van der Waals surface area (Å²) in [5, 5.41) is 1.32. The Bertz CT molecular complexity index is 2200. The van der Waals surface area contributed by atoms with Gasteiger partial charge in [0.05, 0.1) is 22.8 Å². The molecule has 6 aromatic carbocycles.